The van der Waals surface area contributed by atoms with E-state index in [9.17, 15) is 4.79 Å². The van der Waals surface area contributed by atoms with Crippen LogP contribution in [0.4, 0.5) is 0 Å². The molecule has 0 fully saturated rings. The van der Waals surface area contributed by atoms with E-state index in [2.05, 4.69) is 22.8 Å². The van der Waals surface area contributed by atoms with Crippen LogP contribution in [0.15, 0.2) is 12.3 Å². The third-order valence-corrected chi connectivity index (χ3v) is 3.39. The monoisotopic (exact) mass is 245 g/mol. The molecule has 2 aromatic heterocycles. The topological polar surface area (TPSA) is 39.8 Å². The van der Waals surface area contributed by atoms with E-state index in [1.807, 2.05) is 31.6 Å². The zero-order chi connectivity index (χ0) is 13.3. The Labute approximate surface area is 107 Å². The van der Waals surface area contributed by atoms with Gasteiger partial charge in [0.15, 0.2) is 6.29 Å². The minimum Gasteiger partial charge on any atom is -0.344 e. The highest BCUT2D eigenvalue weighted by molar-refractivity contribution is 5.77. The van der Waals surface area contributed by atoms with E-state index in [1.54, 1.807) is 0 Å². The normalized spacial score (nSPS) is 10.9. The van der Waals surface area contributed by atoms with Crippen molar-refractivity contribution in [1.82, 2.24) is 14.3 Å². The molecule has 0 aliphatic carbocycles. The number of hydrogen-bond acceptors (Lipinski definition) is 2. The molecule has 4 heteroatoms. The van der Waals surface area contributed by atoms with Gasteiger partial charge in [0, 0.05) is 35.8 Å². The minimum absolute atomic E-state index is 0.773. The summed E-state index contributed by atoms with van der Waals surface area (Å²) in [5.41, 5.74) is 5.25. The minimum atomic E-state index is 0.773. The average molecular weight is 245 g/mol. The Morgan fingerprint density at radius 2 is 2.11 bits per heavy atom. The van der Waals surface area contributed by atoms with Crippen LogP contribution in [0.5, 0.6) is 0 Å². The molecule has 96 valence electrons. The zero-order valence-electron chi connectivity index (χ0n) is 11.4. The largest absolute Gasteiger partial charge is 0.344 e. The molecular weight excluding hydrogens is 226 g/mol. The van der Waals surface area contributed by atoms with Crippen molar-refractivity contribution in [3.63, 3.8) is 0 Å². The third kappa shape index (κ3) is 2.10. The predicted octanol–water partition coefficient (Wildman–Crippen LogP) is 2.26. The molecule has 2 heterocycles. The van der Waals surface area contributed by atoms with Crippen LogP contribution in [-0.4, -0.2) is 20.6 Å². The fourth-order valence-corrected chi connectivity index (χ4v) is 2.37. The molecule has 18 heavy (non-hydrogen) atoms. The Hall–Kier alpha value is -1.84. The van der Waals surface area contributed by atoms with Crippen LogP contribution in [0, 0.1) is 13.8 Å². The fourth-order valence-electron chi connectivity index (χ4n) is 2.37. The van der Waals surface area contributed by atoms with Crippen molar-refractivity contribution in [2.45, 2.75) is 33.7 Å². The third-order valence-electron chi connectivity index (χ3n) is 3.39. The van der Waals surface area contributed by atoms with E-state index in [1.165, 1.54) is 5.56 Å². The molecule has 0 N–H and O–H groups in total. The Balaban J connectivity index is 2.39. The van der Waals surface area contributed by atoms with E-state index in [4.69, 9.17) is 0 Å². The Bertz CT molecular complexity index is 578. The number of carbonyl (C=O) groups excluding carboxylic acids is 1. The first-order valence-electron chi connectivity index (χ1n) is 6.20. The van der Waals surface area contributed by atoms with Gasteiger partial charge in [-0.05, 0) is 26.3 Å². The fraction of sp³-hybridized carbons (Fsp3) is 0.429. The van der Waals surface area contributed by atoms with E-state index >= 15 is 0 Å². The summed E-state index contributed by atoms with van der Waals surface area (Å²) in [5.74, 6) is 0. The van der Waals surface area contributed by atoms with Gasteiger partial charge >= 0.3 is 0 Å². The van der Waals surface area contributed by atoms with Crippen LogP contribution in [-0.2, 0) is 20.0 Å². The molecule has 0 radical (unpaired) electrons. The lowest BCUT2D eigenvalue weighted by atomic mass is 10.2. The zero-order valence-corrected chi connectivity index (χ0v) is 11.4. The highest BCUT2D eigenvalue weighted by atomic mass is 16.1. The molecule has 2 aromatic rings. The van der Waals surface area contributed by atoms with Gasteiger partial charge in [-0.15, -0.1) is 0 Å². The standard InChI is InChI=1S/C14H19N3O/c1-5-14-13(7-16(4)15-14)8-17-10(2)6-12(9-18)11(17)3/h6-7,9H,5,8H2,1-4H3. The SMILES string of the molecule is CCc1nn(C)cc1Cn1c(C)cc(C=O)c1C. The molecule has 0 unspecified atom stereocenters. The molecule has 0 aromatic carbocycles. The second kappa shape index (κ2) is 4.80. The second-order valence-electron chi connectivity index (χ2n) is 4.66. The van der Waals surface area contributed by atoms with Gasteiger partial charge in [-0.2, -0.15) is 5.10 Å². The molecule has 0 spiro atoms. The maximum atomic E-state index is 10.9. The lowest BCUT2D eigenvalue weighted by Gasteiger charge is -2.09. The lowest BCUT2D eigenvalue weighted by molar-refractivity contribution is 0.112. The first kappa shape index (κ1) is 12.6. The molecule has 0 bridgehead atoms. The van der Waals surface area contributed by atoms with E-state index in [-0.39, 0.29) is 0 Å². The first-order valence-corrected chi connectivity index (χ1v) is 6.20. The van der Waals surface area contributed by atoms with Gasteiger partial charge in [-0.25, -0.2) is 0 Å². The Kier molecular flexibility index (Phi) is 3.36. The van der Waals surface area contributed by atoms with Crippen LogP contribution in [0.2, 0.25) is 0 Å². The highest BCUT2D eigenvalue weighted by Crippen LogP contribution is 2.17. The van der Waals surface area contributed by atoms with Crippen molar-refractivity contribution >= 4 is 6.29 Å². The van der Waals surface area contributed by atoms with Crippen molar-refractivity contribution in [3.05, 3.63) is 40.5 Å². The Morgan fingerprint density at radius 3 is 2.67 bits per heavy atom. The number of aryl methyl sites for hydroxylation is 3. The quantitative estimate of drug-likeness (QED) is 0.775. The molecule has 0 atom stereocenters. The number of aldehydes is 1. The van der Waals surface area contributed by atoms with Gasteiger partial charge < -0.3 is 4.57 Å². The summed E-state index contributed by atoms with van der Waals surface area (Å²) in [7, 11) is 1.94. The predicted molar refractivity (Wildman–Crippen MR) is 71.0 cm³/mol. The second-order valence-corrected chi connectivity index (χ2v) is 4.66. The molecule has 0 aliphatic heterocycles. The summed E-state index contributed by atoms with van der Waals surface area (Å²) in [6.07, 6.45) is 3.90. The summed E-state index contributed by atoms with van der Waals surface area (Å²) in [4.78, 5) is 10.9. The number of hydrogen-bond donors (Lipinski definition) is 0. The smallest absolute Gasteiger partial charge is 0.151 e. The molecule has 0 amide bonds. The van der Waals surface area contributed by atoms with Crippen LogP contribution < -0.4 is 0 Å². The number of nitrogens with zero attached hydrogens (tertiary/aromatic N) is 3. The van der Waals surface area contributed by atoms with E-state index in [0.717, 1.165) is 41.9 Å². The number of aromatic nitrogens is 3. The van der Waals surface area contributed by atoms with Gasteiger partial charge in [0.05, 0.1) is 12.2 Å². The van der Waals surface area contributed by atoms with Crippen LogP contribution in [0.3, 0.4) is 0 Å². The van der Waals surface area contributed by atoms with Crippen molar-refractivity contribution < 1.29 is 4.79 Å². The molecule has 0 aliphatic rings. The van der Waals surface area contributed by atoms with Crippen molar-refractivity contribution in [1.29, 1.82) is 0 Å². The van der Waals surface area contributed by atoms with Crippen molar-refractivity contribution in [2.75, 3.05) is 0 Å². The van der Waals surface area contributed by atoms with Gasteiger partial charge in [0.1, 0.15) is 0 Å². The molecular formula is C14H19N3O. The van der Waals surface area contributed by atoms with Gasteiger partial charge in [-0.3, -0.25) is 9.48 Å². The van der Waals surface area contributed by atoms with Crippen molar-refractivity contribution in [3.8, 4) is 0 Å². The summed E-state index contributed by atoms with van der Waals surface area (Å²) in [6, 6.07) is 1.93. The molecule has 2 rings (SSSR count). The molecule has 0 saturated heterocycles. The average Bonchev–Trinajstić information content (AvgIpc) is 2.83. The maximum absolute atomic E-state index is 10.9. The lowest BCUT2D eigenvalue weighted by Crippen LogP contribution is -2.05. The number of rotatable bonds is 4. The summed E-state index contributed by atoms with van der Waals surface area (Å²) in [5, 5.41) is 4.45. The van der Waals surface area contributed by atoms with Crippen molar-refractivity contribution in [2.24, 2.45) is 7.05 Å². The van der Waals surface area contributed by atoms with E-state index in [0.29, 0.717) is 0 Å². The van der Waals surface area contributed by atoms with Crippen LogP contribution in [0.1, 0.15) is 39.9 Å². The number of carbonyl (C=O) groups is 1. The Morgan fingerprint density at radius 1 is 1.39 bits per heavy atom. The van der Waals surface area contributed by atoms with Gasteiger partial charge in [0.25, 0.3) is 0 Å². The maximum Gasteiger partial charge on any atom is 0.151 e. The summed E-state index contributed by atoms with van der Waals surface area (Å²) >= 11 is 0. The molecule has 4 nitrogen and oxygen atoms in total. The van der Waals surface area contributed by atoms with Crippen LogP contribution in [0.25, 0.3) is 0 Å². The van der Waals surface area contributed by atoms with Crippen LogP contribution >= 0.6 is 0 Å². The molecule has 0 saturated carbocycles. The van der Waals surface area contributed by atoms with Gasteiger partial charge in [-0.1, -0.05) is 6.92 Å². The van der Waals surface area contributed by atoms with Gasteiger partial charge in [0.2, 0.25) is 0 Å². The first-order chi connectivity index (χ1) is 8.56. The summed E-state index contributed by atoms with van der Waals surface area (Å²) < 4.78 is 4.02. The highest BCUT2D eigenvalue weighted by Gasteiger charge is 2.12. The van der Waals surface area contributed by atoms with E-state index < -0.39 is 0 Å². The summed E-state index contributed by atoms with van der Waals surface area (Å²) in [6.45, 7) is 6.90.